The third-order valence-electron chi connectivity index (χ3n) is 4.62. The lowest BCUT2D eigenvalue weighted by Crippen LogP contribution is -2.12. The third kappa shape index (κ3) is 2.89. The van der Waals surface area contributed by atoms with E-state index >= 15 is 0 Å². The van der Waals surface area contributed by atoms with Crippen LogP contribution in [0.25, 0.3) is 32.9 Å². The van der Waals surface area contributed by atoms with Crippen molar-refractivity contribution in [2.24, 2.45) is 0 Å². The average Bonchev–Trinajstić information content (AvgIpc) is 2.59. The van der Waals surface area contributed by atoms with Crippen molar-refractivity contribution >= 4 is 21.7 Å². The summed E-state index contributed by atoms with van der Waals surface area (Å²) in [5.41, 5.74) is 4.04. The zero-order chi connectivity index (χ0) is 17.6. The van der Waals surface area contributed by atoms with Gasteiger partial charge in [-0.1, -0.05) is 51.1 Å². The van der Waals surface area contributed by atoms with Crippen LogP contribution in [0.1, 0.15) is 26.3 Å². The summed E-state index contributed by atoms with van der Waals surface area (Å²) in [6.45, 7) is 6.47. The van der Waals surface area contributed by atoms with Crippen molar-refractivity contribution in [1.82, 2.24) is 4.98 Å². The monoisotopic (exact) mass is 329 g/mol. The number of pyridine rings is 1. The van der Waals surface area contributed by atoms with Gasteiger partial charge in [0.15, 0.2) is 0 Å². The molecular formula is C23H20FN. The van der Waals surface area contributed by atoms with E-state index in [0.717, 1.165) is 38.5 Å². The molecule has 0 fully saturated rings. The normalized spacial score (nSPS) is 12.0. The first-order valence-electron chi connectivity index (χ1n) is 8.52. The molecule has 1 nitrogen and oxygen atoms in total. The third-order valence-corrected chi connectivity index (χ3v) is 4.62. The van der Waals surface area contributed by atoms with E-state index in [2.05, 4.69) is 51.1 Å². The fraction of sp³-hybridized carbons (Fsp3) is 0.174. The number of nitrogens with zero attached hydrogens (tertiary/aromatic N) is 1. The number of hydrogen-bond donors (Lipinski definition) is 0. The second-order valence-electron chi connectivity index (χ2n) is 7.53. The number of rotatable bonds is 1. The molecule has 1 heterocycles. The Morgan fingerprint density at radius 2 is 1.56 bits per heavy atom. The van der Waals surface area contributed by atoms with Crippen LogP contribution in [0.15, 0.2) is 66.7 Å². The summed E-state index contributed by atoms with van der Waals surface area (Å²) in [6, 6.07) is 21.5. The van der Waals surface area contributed by atoms with Crippen molar-refractivity contribution in [2.75, 3.05) is 0 Å². The summed E-state index contributed by atoms with van der Waals surface area (Å²) in [7, 11) is 0. The molecule has 0 aliphatic carbocycles. The molecule has 25 heavy (non-hydrogen) atoms. The van der Waals surface area contributed by atoms with Gasteiger partial charge in [0, 0.05) is 10.9 Å². The number of aromatic nitrogens is 1. The van der Waals surface area contributed by atoms with Gasteiger partial charge in [-0.25, -0.2) is 9.37 Å². The molecule has 0 amide bonds. The summed E-state index contributed by atoms with van der Waals surface area (Å²) in [5.74, 6) is -0.199. The Kier molecular flexibility index (Phi) is 3.57. The van der Waals surface area contributed by atoms with Gasteiger partial charge in [-0.3, -0.25) is 0 Å². The van der Waals surface area contributed by atoms with Crippen LogP contribution in [-0.2, 0) is 5.41 Å². The predicted octanol–water partition coefficient (Wildman–Crippen LogP) is 6.49. The zero-order valence-electron chi connectivity index (χ0n) is 14.7. The summed E-state index contributed by atoms with van der Waals surface area (Å²) in [4.78, 5) is 4.82. The average molecular weight is 329 g/mol. The van der Waals surface area contributed by atoms with Gasteiger partial charge in [-0.2, -0.15) is 0 Å². The van der Waals surface area contributed by atoms with E-state index in [9.17, 15) is 4.39 Å². The van der Waals surface area contributed by atoms with Crippen LogP contribution in [-0.4, -0.2) is 4.98 Å². The molecule has 124 valence electrons. The van der Waals surface area contributed by atoms with Crippen LogP contribution < -0.4 is 0 Å². The minimum Gasteiger partial charge on any atom is -0.248 e. The van der Waals surface area contributed by atoms with E-state index in [1.54, 1.807) is 6.07 Å². The first-order chi connectivity index (χ1) is 11.9. The molecule has 3 aromatic carbocycles. The van der Waals surface area contributed by atoms with Crippen molar-refractivity contribution in [1.29, 1.82) is 0 Å². The van der Waals surface area contributed by atoms with Crippen molar-refractivity contribution in [3.05, 3.63) is 78.1 Å². The first-order valence-corrected chi connectivity index (χ1v) is 8.52. The first kappa shape index (κ1) is 15.8. The molecule has 4 rings (SSSR count). The van der Waals surface area contributed by atoms with Gasteiger partial charge in [0.05, 0.1) is 11.2 Å². The quantitative estimate of drug-likeness (QED) is 0.389. The molecule has 0 radical (unpaired) electrons. The number of benzene rings is 3. The molecule has 0 saturated heterocycles. The smallest absolute Gasteiger partial charge is 0.123 e. The van der Waals surface area contributed by atoms with E-state index in [4.69, 9.17) is 4.98 Å². The van der Waals surface area contributed by atoms with Crippen LogP contribution in [0.3, 0.4) is 0 Å². The Balaban J connectivity index is 1.99. The van der Waals surface area contributed by atoms with Crippen molar-refractivity contribution in [3.63, 3.8) is 0 Å². The predicted molar refractivity (Wildman–Crippen MR) is 103 cm³/mol. The molecule has 4 aromatic rings. The molecule has 0 aliphatic heterocycles. The van der Waals surface area contributed by atoms with Crippen molar-refractivity contribution in [2.45, 2.75) is 26.2 Å². The highest BCUT2D eigenvalue weighted by molar-refractivity contribution is 5.91. The summed E-state index contributed by atoms with van der Waals surface area (Å²) in [6.07, 6.45) is 0. The molecule has 0 atom stereocenters. The Morgan fingerprint density at radius 3 is 2.36 bits per heavy atom. The van der Waals surface area contributed by atoms with Crippen LogP contribution in [0.2, 0.25) is 0 Å². The maximum Gasteiger partial charge on any atom is 0.123 e. The fourth-order valence-corrected chi connectivity index (χ4v) is 3.33. The van der Waals surface area contributed by atoms with E-state index < -0.39 is 0 Å². The van der Waals surface area contributed by atoms with Crippen molar-refractivity contribution in [3.8, 4) is 11.3 Å². The lowest BCUT2D eigenvalue weighted by Gasteiger charge is -2.23. The van der Waals surface area contributed by atoms with Crippen LogP contribution in [0, 0.1) is 5.82 Å². The molecule has 0 aliphatic rings. The molecule has 2 heteroatoms. The zero-order valence-corrected chi connectivity index (χ0v) is 14.7. The molecule has 0 N–H and O–H groups in total. The van der Waals surface area contributed by atoms with Gasteiger partial charge in [0.1, 0.15) is 5.82 Å². The Bertz CT molecular complexity index is 1090. The SMILES string of the molecule is CC(C)(C)c1cc(-c2ccc3ccccc3n2)cc2ccc(F)cc12. The maximum absolute atomic E-state index is 13.8. The van der Waals surface area contributed by atoms with Crippen LogP contribution in [0.4, 0.5) is 4.39 Å². The highest BCUT2D eigenvalue weighted by Crippen LogP contribution is 2.35. The highest BCUT2D eigenvalue weighted by atomic mass is 19.1. The number of halogens is 1. The molecular weight excluding hydrogens is 309 g/mol. The van der Waals surface area contributed by atoms with E-state index in [1.165, 1.54) is 6.07 Å². The van der Waals surface area contributed by atoms with E-state index in [1.807, 2.05) is 24.3 Å². The Labute approximate surface area is 147 Å². The lowest BCUT2D eigenvalue weighted by molar-refractivity contribution is 0.594. The highest BCUT2D eigenvalue weighted by Gasteiger charge is 2.19. The molecule has 0 spiro atoms. The lowest BCUT2D eigenvalue weighted by atomic mass is 9.82. The van der Waals surface area contributed by atoms with Gasteiger partial charge in [-0.05, 0) is 58.1 Å². The summed E-state index contributed by atoms with van der Waals surface area (Å²) in [5, 5.41) is 3.14. The largest absolute Gasteiger partial charge is 0.248 e. The van der Waals surface area contributed by atoms with E-state index in [0.29, 0.717) is 0 Å². The van der Waals surface area contributed by atoms with Gasteiger partial charge in [-0.15, -0.1) is 0 Å². The minimum absolute atomic E-state index is 0.0844. The van der Waals surface area contributed by atoms with Crippen LogP contribution >= 0.6 is 0 Å². The second-order valence-corrected chi connectivity index (χ2v) is 7.53. The number of fused-ring (bicyclic) bond motifs is 2. The number of hydrogen-bond acceptors (Lipinski definition) is 1. The van der Waals surface area contributed by atoms with Gasteiger partial charge < -0.3 is 0 Å². The minimum atomic E-state index is -0.199. The molecule has 0 saturated carbocycles. The fourth-order valence-electron chi connectivity index (χ4n) is 3.33. The maximum atomic E-state index is 13.8. The summed E-state index contributed by atoms with van der Waals surface area (Å²) >= 11 is 0. The molecule has 0 bridgehead atoms. The second kappa shape index (κ2) is 5.66. The van der Waals surface area contributed by atoms with Crippen molar-refractivity contribution < 1.29 is 4.39 Å². The molecule has 0 unspecified atom stereocenters. The van der Waals surface area contributed by atoms with Crippen LogP contribution in [0.5, 0.6) is 0 Å². The molecule has 1 aromatic heterocycles. The van der Waals surface area contributed by atoms with Gasteiger partial charge in [0.2, 0.25) is 0 Å². The van der Waals surface area contributed by atoms with Gasteiger partial charge >= 0.3 is 0 Å². The standard InChI is InChI=1S/C23H20FN/c1-23(2,3)20-13-17(12-16-8-10-18(24)14-19(16)20)22-11-9-15-6-4-5-7-21(15)25-22/h4-14H,1-3H3. The van der Waals surface area contributed by atoms with E-state index in [-0.39, 0.29) is 11.2 Å². The topological polar surface area (TPSA) is 12.9 Å². The summed E-state index contributed by atoms with van der Waals surface area (Å²) < 4.78 is 13.8. The Morgan fingerprint density at radius 1 is 0.800 bits per heavy atom. The van der Waals surface area contributed by atoms with Gasteiger partial charge in [0.25, 0.3) is 0 Å². The number of para-hydroxylation sites is 1. The Hall–Kier alpha value is -2.74.